The molecule has 0 saturated heterocycles. The monoisotopic (exact) mass is 622 g/mol. The number of benzene rings is 5. The molecule has 0 atom stereocenters. The van der Waals surface area contributed by atoms with Gasteiger partial charge in [0.1, 0.15) is 5.82 Å². The van der Waals surface area contributed by atoms with Gasteiger partial charge in [0.05, 0.1) is 15.1 Å². The molecular formula is C37H38Cl3FO. The SMILES string of the molecule is Cc1ccc(F)cc1.Cc1cccc(C=O)c1Cl.Cc1cccc(Cl)c1Cl.Cc1ccccc1.Cc1ccccc1C. The Morgan fingerprint density at radius 3 is 1.26 bits per heavy atom. The lowest BCUT2D eigenvalue weighted by atomic mass is 10.1. The number of hydrogen-bond donors (Lipinski definition) is 0. The van der Waals surface area contributed by atoms with Crippen LogP contribution in [-0.4, -0.2) is 6.29 Å². The molecule has 0 aliphatic carbocycles. The minimum atomic E-state index is -0.171. The largest absolute Gasteiger partial charge is 0.298 e. The topological polar surface area (TPSA) is 17.1 Å². The third-order valence-electron chi connectivity index (χ3n) is 5.87. The summed E-state index contributed by atoms with van der Waals surface area (Å²) >= 11 is 17.2. The second-order valence-electron chi connectivity index (χ2n) is 9.50. The number of carbonyl (C=O) groups excluding carboxylic acids is 1. The van der Waals surface area contributed by atoms with E-state index in [1.165, 1.54) is 28.8 Å². The summed E-state index contributed by atoms with van der Waals surface area (Å²) in [6.45, 7) is 12.0. The molecule has 0 heterocycles. The predicted molar refractivity (Wildman–Crippen MR) is 181 cm³/mol. The summed E-state index contributed by atoms with van der Waals surface area (Å²) in [7, 11) is 0. The average Bonchev–Trinajstić information content (AvgIpc) is 2.98. The van der Waals surface area contributed by atoms with E-state index in [4.69, 9.17) is 34.8 Å². The summed E-state index contributed by atoms with van der Waals surface area (Å²) in [6, 6.07) is 36.0. The molecule has 0 N–H and O–H groups in total. The zero-order valence-corrected chi connectivity index (χ0v) is 27.2. The van der Waals surface area contributed by atoms with Crippen LogP contribution in [-0.2, 0) is 0 Å². The van der Waals surface area contributed by atoms with E-state index in [-0.39, 0.29) is 5.82 Å². The molecule has 0 saturated carbocycles. The quantitative estimate of drug-likeness (QED) is 0.170. The van der Waals surface area contributed by atoms with Crippen LogP contribution in [0.5, 0.6) is 0 Å². The first-order valence-corrected chi connectivity index (χ1v) is 14.5. The molecule has 0 bridgehead atoms. The van der Waals surface area contributed by atoms with Gasteiger partial charge in [0, 0.05) is 5.56 Å². The number of hydrogen-bond acceptors (Lipinski definition) is 1. The van der Waals surface area contributed by atoms with Crippen LogP contribution in [0.1, 0.15) is 43.7 Å². The molecule has 0 unspecified atom stereocenters. The fourth-order valence-corrected chi connectivity index (χ4v) is 3.62. The minimum absolute atomic E-state index is 0.171. The zero-order chi connectivity index (χ0) is 31.5. The maximum atomic E-state index is 12.1. The van der Waals surface area contributed by atoms with Gasteiger partial charge in [-0.1, -0.05) is 143 Å². The van der Waals surface area contributed by atoms with Crippen LogP contribution in [0.4, 0.5) is 4.39 Å². The molecule has 5 aromatic carbocycles. The first kappa shape index (κ1) is 36.6. The van der Waals surface area contributed by atoms with E-state index in [0.717, 1.165) is 23.0 Å². The highest BCUT2D eigenvalue weighted by molar-refractivity contribution is 6.42. The first-order chi connectivity index (χ1) is 20.0. The van der Waals surface area contributed by atoms with E-state index < -0.39 is 0 Å². The van der Waals surface area contributed by atoms with Gasteiger partial charge in [0.2, 0.25) is 0 Å². The normalized spacial score (nSPS) is 9.29. The van der Waals surface area contributed by atoms with Gasteiger partial charge >= 0.3 is 0 Å². The molecule has 1 nitrogen and oxygen atoms in total. The van der Waals surface area contributed by atoms with Gasteiger partial charge in [0.15, 0.2) is 6.29 Å². The van der Waals surface area contributed by atoms with E-state index in [9.17, 15) is 9.18 Å². The number of aryl methyl sites for hydroxylation is 6. The molecule has 220 valence electrons. The van der Waals surface area contributed by atoms with Crippen LogP contribution in [0.25, 0.3) is 0 Å². The van der Waals surface area contributed by atoms with Crippen molar-refractivity contribution >= 4 is 41.1 Å². The van der Waals surface area contributed by atoms with Crippen molar-refractivity contribution < 1.29 is 9.18 Å². The van der Waals surface area contributed by atoms with Crippen molar-refractivity contribution in [3.05, 3.63) is 175 Å². The number of rotatable bonds is 1. The van der Waals surface area contributed by atoms with Crippen molar-refractivity contribution in [1.82, 2.24) is 0 Å². The molecule has 0 amide bonds. The Hall–Kier alpha value is -3.43. The van der Waals surface area contributed by atoms with Crippen molar-refractivity contribution in [2.75, 3.05) is 0 Å². The minimum Gasteiger partial charge on any atom is -0.298 e. The molecule has 42 heavy (non-hydrogen) atoms. The lowest BCUT2D eigenvalue weighted by Crippen LogP contribution is -1.83. The molecule has 5 rings (SSSR count). The van der Waals surface area contributed by atoms with Crippen LogP contribution < -0.4 is 0 Å². The zero-order valence-electron chi connectivity index (χ0n) is 25.0. The van der Waals surface area contributed by atoms with E-state index in [1.807, 2.05) is 63.2 Å². The van der Waals surface area contributed by atoms with Crippen LogP contribution in [0.15, 0.2) is 115 Å². The van der Waals surface area contributed by atoms with Crippen LogP contribution in [0, 0.1) is 47.4 Å². The van der Waals surface area contributed by atoms with Crippen LogP contribution in [0.3, 0.4) is 0 Å². The highest BCUT2D eigenvalue weighted by Gasteiger charge is 1.99. The van der Waals surface area contributed by atoms with Gasteiger partial charge in [-0.2, -0.15) is 0 Å². The van der Waals surface area contributed by atoms with Gasteiger partial charge in [-0.25, -0.2) is 4.39 Å². The van der Waals surface area contributed by atoms with Gasteiger partial charge < -0.3 is 0 Å². The molecule has 0 aliphatic heterocycles. The molecule has 0 radical (unpaired) electrons. The maximum Gasteiger partial charge on any atom is 0.151 e. The summed E-state index contributed by atoms with van der Waals surface area (Å²) in [5, 5.41) is 1.83. The summed E-state index contributed by atoms with van der Waals surface area (Å²) in [5.74, 6) is -0.171. The first-order valence-electron chi connectivity index (χ1n) is 13.3. The molecule has 0 spiro atoms. The highest BCUT2D eigenvalue weighted by Crippen LogP contribution is 2.24. The number of halogens is 4. The van der Waals surface area contributed by atoms with E-state index in [2.05, 4.69) is 57.2 Å². The Kier molecular flexibility index (Phi) is 17.8. The van der Waals surface area contributed by atoms with E-state index in [1.54, 1.807) is 24.3 Å². The Labute approximate surface area is 265 Å². The lowest BCUT2D eigenvalue weighted by molar-refractivity contribution is 0.112. The molecule has 5 aromatic rings. The Morgan fingerprint density at radius 1 is 0.476 bits per heavy atom. The highest BCUT2D eigenvalue weighted by atomic mass is 35.5. The number of carbonyl (C=O) groups is 1. The summed E-state index contributed by atoms with van der Waals surface area (Å²) in [6.07, 6.45) is 0.759. The summed E-state index contributed by atoms with van der Waals surface area (Å²) in [5.41, 5.74) is 7.66. The van der Waals surface area contributed by atoms with Crippen molar-refractivity contribution in [2.24, 2.45) is 0 Å². The summed E-state index contributed by atoms with van der Waals surface area (Å²) in [4.78, 5) is 10.3. The fraction of sp³-hybridized carbons (Fsp3) is 0.162. The second kappa shape index (κ2) is 20.4. The standard InChI is InChI=1S/C8H7ClO.C8H10.C7H6Cl2.C7H7F.C7H8/c1-6-3-2-4-7(5-10)8(6)9;1-7-5-3-4-6-8(7)2;1-5-3-2-4-6(8)7(5)9;1-6-2-4-7(8)5-3-6;1-7-5-3-2-4-6-7/h2-5H,1H3;3-6H,1-2H3;2-4H,1H3;2-5H,1H3;2-6H,1H3. The molecular weight excluding hydrogens is 586 g/mol. The van der Waals surface area contributed by atoms with Crippen molar-refractivity contribution in [1.29, 1.82) is 0 Å². The smallest absolute Gasteiger partial charge is 0.151 e. The molecule has 0 fully saturated rings. The van der Waals surface area contributed by atoms with Crippen molar-refractivity contribution in [3.8, 4) is 0 Å². The fourth-order valence-electron chi connectivity index (χ4n) is 3.10. The van der Waals surface area contributed by atoms with Gasteiger partial charge in [-0.05, 0) is 82.0 Å². The Balaban J connectivity index is 0.000000264. The summed E-state index contributed by atoms with van der Waals surface area (Å²) < 4.78 is 12.1. The van der Waals surface area contributed by atoms with E-state index >= 15 is 0 Å². The second-order valence-corrected chi connectivity index (χ2v) is 10.7. The lowest BCUT2D eigenvalue weighted by Gasteiger charge is -1.97. The molecule has 5 heteroatoms. The van der Waals surface area contributed by atoms with Crippen molar-refractivity contribution in [3.63, 3.8) is 0 Å². The third kappa shape index (κ3) is 15.0. The van der Waals surface area contributed by atoms with Crippen molar-refractivity contribution in [2.45, 2.75) is 41.5 Å². The Morgan fingerprint density at radius 2 is 0.905 bits per heavy atom. The maximum absolute atomic E-state index is 12.1. The molecule has 0 aromatic heterocycles. The number of aldehydes is 1. The van der Waals surface area contributed by atoms with Crippen LogP contribution in [0.2, 0.25) is 15.1 Å². The molecule has 0 aliphatic rings. The average molecular weight is 624 g/mol. The van der Waals surface area contributed by atoms with Gasteiger partial charge in [0.25, 0.3) is 0 Å². The Bertz CT molecular complexity index is 1420. The van der Waals surface area contributed by atoms with Gasteiger partial charge in [-0.15, -0.1) is 0 Å². The van der Waals surface area contributed by atoms with Gasteiger partial charge in [-0.3, -0.25) is 4.79 Å². The third-order valence-corrected chi connectivity index (χ3v) is 7.30. The van der Waals surface area contributed by atoms with Crippen LogP contribution >= 0.6 is 34.8 Å². The van der Waals surface area contributed by atoms with E-state index in [0.29, 0.717) is 20.6 Å². The predicted octanol–water partition coefficient (Wildman–Crippen LogP) is 12.2.